The first-order valence-electron chi connectivity index (χ1n) is 8.18. The normalized spacial score (nSPS) is 10.8. The van der Waals surface area contributed by atoms with Crippen molar-refractivity contribution in [2.24, 2.45) is 0 Å². The van der Waals surface area contributed by atoms with Crippen LogP contribution in [0.1, 0.15) is 17.3 Å². The van der Waals surface area contributed by atoms with Gasteiger partial charge in [0.25, 0.3) is 5.91 Å². The summed E-state index contributed by atoms with van der Waals surface area (Å²) in [5, 5.41) is 7.49. The van der Waals surface area contributed by atoms with E-state index in [1.807, 2.05) is 55.5 Å². The maximum absolute atomic E-state index is 12.3. The Balaban J connectivity index is 1.52. The van der Waals surface area contributed by atoms with Gasteiger partial charge in [-0.25, -0.2) is 4.98 Å². The lowest BCUT2D eigenvalue weighted by molar-refractivity contribution is 0.102. The molecule has 0 aliphatic carbocycles. The molecule has 2 aromatic carbocycles. The van der Waals surface area contributed by atoms with Gasteiger partial charge >= 0.3 is 0 Å². The summed E-state index contributed by atoms with van der Waals surface area (Å²) in [6.45, 7) is 2.69. The highest BCUT2D eigenvalue weighted by Crippen LogP contribution is 2.31. The molecule has 6 nitrogen and oxygen atoms in total. The van der Waals surface area contributed by atoms with Gasteiger partial charge in [-0.3, -0.25) is 14.8 Å². The number of anilines is 1. The number of hydrogen-bond acceptors (Lipinski definition) is 5. The van der Waals surface area contributed by atoms with Gasteiger partial charge in [-0.2, -0.15) is 5.10 Å². The fourth-order valence-electron chi connectivity index (χ4n) is 2.47. The van der Waals surface area contributed by atoms with Crippen molar-refractivity contribution in [3.8, 4) is 11.5 Å². The molecule has 0 aliphatic heterocycles. The van der Waals surface area contributed by atoms with E-state index in [4.69, 9.17) is 4.74 Å². The Morgan fingerprint density at radius 1 is 1.19 bits per heavy atom. The maximum Gasteiger partial charge on any atom is 0.260 e. The van der Waals surface area contributed by atoms with Gasteiger partial charge in [0.15, 0.2) is 5.13 Å². The molecule has 7 heteroatoms. The van der Waals surface area contributed by atoms with Crippen molar-refractivity contribution in [3.63, 3.8) is 0 Å². The number of ether oxygens (including phenoxy) is 1. The second-order valence-electron chi connectivity index (χ2n) is 5.60. The molecule has 0 spiro atoms. The maximum atomic E-state index is 12.3. The molecule has 0 saturated carbocycles. The van der Waals surface area contributed by atoms with E-state index >= 15 is 0 Å². The number of carbonyl (C=O) groups excluding carboxylic acids is 1. The molecule has 0 radical (unpaired) electrons. The zero-order valence-corrected chi connectivity index (χ0v) is 14.9. The van der Waals surface area contributed by atoms with Crippen molar-refractivity contribution >= 4 is 32.6 Å². The lowest BCUT2D eigenvalue weighted by atomic mass is 10.3. The van der Waals surface area contributed by atoms with Gasteiger partial charge in [0, 0.05) is 18.8 Å². The third-order valence-corrected chi connectivity index (χ3v) is 4.71. The van der Waals surface area contributed by atoms with Gasteiger partial charge in [0.1, 0.15) is 11.5 Å². The highest BCUT2D eigenvalue weighted by molar-refractivity contribution is 7.22. The summed E-state index contributed by atoms with van der Waals surface area (Å²) in [4.78, 5) is 16.8. The number of para-hydroxylation sites is 1. The fourth-order valence-corrected chi connectivity index (χ4v) is 3.36. The number of aromatic nitrogens is 3. The average Bonchev–Trinajstić information content (AvgIpc) is 3.28. The van der Waals surface area contributed by atoms with Crippen LogP contribution in [0.2, 0.25) is 0 Å². The van der Waals surface area contributed by atoms with Crippen LogP contribution >= 0.6 is 11.3 Å². The van der Waals surface area contributed by atoms with E-state index in [0.717, 1.165) is 28.3 Å². The molecule has 0 atom stereocenters. The second kappa shape index (κ2) is 6.97. The molecule has 0 saturated heterocycles. The van der Waals surface area contributed by atoms with Crippen molar-refractivity contribution in [3.05, 3.63) is 66.5 Å². The number of fused-ring (bicyclic) bond motifs is 1. The van der Waals surface area contributed by atoms with Gasteiger partial charge in [0.05, 0.1) is 22.0 Å². The largest absolute Gasteiger partial charge is 0.457 e. The molecule has 1 N–H and O–H groups in total. The quantitative estimate of drug-likeness (QED) is 0.564. The lowest BCUT2D eigenvalue weighted by Gasteiger charge is -2.04. The topological polar surface area (TPSA) is 69.0 Å². The first-order chi connectivity index (χ1) is 12.7. The summed E-state index contributed by atoms with van der Waals surface area (Å²) in [5.74, 6) is 1.29. The number of nitrogens with zero attached hydrogens (tertiary/aromatic N) is 3. The Hall–Kier alpha value is -3.19. The monoisotopic (exact) mass is 364 g/mol. The molecule has 26 heavy (non-hydrogen) atoms. The van der Waals surface area contributed by atoms with E-state index in [-0.39, 0.29) is 5.91 Å². The van der Waals surface area contributed by atoms with Gasteiger partial charge in [-0.1, -0.05) is 29.5 Å². The van der Waals surface area contributed by atoms with Crippen LogP contribution in [0.5, 0.6) is 11.5 Å². The number of benzene rings is 2. The van der Waals surface area contributed by atoms with Gasteiger partial charge in [-0.05, 0) is 31.2 Å². The van der Waals surface area contributed by atoms with Crippen LogP contribution < -0.4 is 10.1 Å². The van der Waals surface area contributed by atoms with Crippen molar-refractivity contribution in [2.75, 3.05) is 5.32 Å². The zero-order valence-electron chi connectivity index (χ0n) is 14.0. The number of hydrogen-bond donors (Lipinski definition) is 1. The molecule has 130 valence electrons. The number of carbonyl (C=O) groups is 1. The highest BCUT2D eigenvalue weighted by atomic mass is 32.1. The zero-order chi connectivity index (χ0) is 17.9. The Morgan fingerprint density at radius 2 is 2.04 bits per heavy atom. The Bertz CT molecular complexity index is 1060. The summed E-state index contributed by atoms with van der Waals surface area (Å²) in [7, 11) is 0. The minimum absolute atomic E-state index is 0.218. The summed E-state index contributed by atoms with van der Waals surface area (Å²) >= 11 is 1.41. The van der Waals surface area contributed by atoms with Gasteiger partial charge in [0.2, 0.25) is 0 Å². The summed E-state index contributed by atoms with van der Waals surface area (Å²) < 4.78 is 8.49. The van der Waals surface area contributed by atoms with Crippen molar-refractivity contribution < 1.29 is 9.53 Å². The molecule has 0 aliphatic rings. The van der Waals surface area contributed by atoms with E-state index in [9.17, 15) is 4.79 Å². The molecule has 0 unspecified atom stereocenters. The average molecular weight is 364 g/mol. The van der Waals surface area contributed by atoms with Gasteiger partial charge in [-0.15, -0.1) is 0 Å². The minimum atomic E-state index is -0.218. The first kappa shape index (κ1) is 16.3. The molecule has 2 aromatic heterocycles. The van der Waals surface area contributed by atoms with Crippen LogP contribution in [0.4, 0.5) is 5.13 Å². The summed E-state index contributed by atoms with van der Waals surface area (Å²) in [5.41, 5.74) is 1.33. The molecule has 1 amide bonds. The molecule has 0 bridgehead atoms. The highest BCUT2D eigenvalue weighted by Gasteiger charge is 2.12. The minimum Gasteiger partial charge on any atom is -0.457 e. The van der Waals surface area contributed by atoms with Gasteiger partial charge < -0.3 is 4.74 Å². The van der Waals surface area contributed by atoms with Crippen molar-refractivity contribution in [1.82, 2.24) is 14.8 Å². The van der Waals surface area contributed by atoms with E-state index in [1.165, 1.54) is 11.3 Å². The molecule has 0 fully saturated rings. The van der Waals surface area contributed by atoms with E-state index < -0.39 is 0 Å². The number of aryl methyl sites for hydroxylation is 1. The molecule has 4 aromatic rings. The molecular weight excluding hydrogens is 348 g/mol. The Kier molecular flexibility index (Phi) is 4.37. The van der Waals surface area contributed by atoms with Crippen LogP contribution in [0.3, 0.4) is 0 Å². The predicted octanol–water partition coefficient (Wildman–Crippen LogP) is 4.56. The van der Waals surface area contributed by atoms with Crippen LogP contribution in [0.15, 0.2) is 60.9 Å². The van der Waals surface area contributed by atoms with Crippen LogP contribution in [-0.2, 0) is 6.54 Å². The Morgan fingerprint density at radius 3 is 2.81 bits per heavy atom. The number of thiazole rings is 1. The number of amides is 1. The molecule has 4 rings (SSSR count). The van der Waals surface area contributed by atoms with E-state index in [0.29, 0.717) is 10.7 Å². The number of nitrogens with one attached hydrogen (secondary N) is 1. The summed E-state index contributed by atoms with van der Waals surface area (Å²) in [6.07, 6.45) is 3.27. The van der Waals surface area contributed by atoms with Crippen molar-refractivity contribution in [1.29, 1.82) is 0 Å². The first-order valence-corrected chi connectivity index (χ1v) is 9.00. The lowest BCUT2D eigenvalue weighted by Crippen LogP contribution is -2.10. The predicted molar refractivity (Wildman–Crippen MR) is 102 cm³/mol. The van der Waals surface area contributed by atoms with Crippen LogP contribution in [-0.4, -0.2) is 20.7 Å². The second-order valence-corrected chi connectivity index (χ2v) is 6.63. The number of rotatable bonds is 5. The molecular formula is C19H16N4O2S. The third-order valence-electron chi connectivity index (χ3n) is 3.78. The summed E-state index contributed by atoms with van der Waals surface area (Å²) in [6, 6.07) is 15.3. The molecule has 2 heterocycles. The smallest absolute Gasteiger partial charge is 0.260 e. The van der Waals surface area contributed by atoms with E-state index in [1.54, 1.807) is 17.1 Å². The Labute approximate surface area is 154 Å². The van der Waals surface area contributed by atoms with Crippen LogP contribution in [0, 0.1) is 0 Å². The SMILES string of the molecule is CCn1cc(C(=O)Nc2nc3ccc(Oc4ccccc4)cc3s2)cn1. The van der Waals surface area contributed by atoms with Crippen molar-refractivity contribution in [2.45, 2.75) is 13.5 Å². The fraction of sp³-hybridized carbons (Fsp3) is 0.105. The van der Waals surface area contributed by atoms with E-state index in [2.05, 4.69) is 15.4 Å². The standard InChI is InChI=1S/C19H16N4O2S/c1-2-23-12-13(11-20-23)18(24)22-19-21-16-9-8-15(10-17(16)26-19)25-14-6-4-3-5-7-14/h3-12H,2H2,1H3,(H,21,22,24). The third kappa shape index (κ3) is 3.43. The van der Waals surface area contributed by atoms with Crippen LogP contribution in [0.25, 0.3) is 10.2 Å².